The van der Waals surface area contributed by atoms with Crippen LogP contribution in [-0.2, 0) is 4.74 Å². The maximum absolute atomic E-state index is 13.5. The summed E-state index contributed by atoms with van der Waals surface area (Å²) >= 11 is 5.66. The molecule has 2 heterocycles. The Morgan fingerprint density at radius 1 is 1.44 bits per heavy atom. The molecule has 1 aliphatic rings. The molecule has 0 N–H and O–H groups in total. The zero-order valence-corrected chi connectivity index (χ0v) is 9.91. The van der Waals surface area contributed by atoms with Gasteiger partial charge in [0.25, 0.3) is 0 Å². The van der Waals surface area contributed by atoms with Gasteiger partial charge in [-0.05, 0) is 25.4 Å². The van der Waals surface area contributed by atoms with Crippen LogP contribution in [0.4, 0.5) is 10.2 Å². The highest BCUT2D eigenvalue weighted by atomic mass is 35.5. The standard InChI is InChI=1S/C10H13ClFN3O/c1-6-4-15(5-7(2)16-6)9-8(12)3-13-10(11)14-9/h3,6-7H,4-5H2,1-2H3/t6-,7-/m0/s1. The van der Waals surface area contributed by atoms with Crippen molar-refractivity contribution in [1.29, 1.82) is 0 Å². The van der Waals surface area contributed by atoms with Crippen molar-refractivity contribution in [3.8, 4) is 0 Å². The van der Waals surface area contributed by atoms with Crippen molar-refractivity contribution in [3.05, 3.63) is 17.3 Å². The third kappa shape index (κ3) is 2.41. The van der Waals surface area contributed by atoms with Gasteiger partial charge in [-0.15, -0.1) is 0 Å². The summed E-state index contributed by atoms with van der Waals surface area (Å²) in [4.78, 5) is 9.34. The predicted molar refractivity (Wildman–Crippen MR) is 59.2 cm³/mol. The molecular formula is C10H13ClFN3O. The van der Waals surface area contributed by atoms with Crippen molar-refractivity contribution in [3.63, 3.8) is 0 Å². The summed E-state index contributed by atoms with van der Waals surface area (Å²) in [5.41, 5.74) is 0. The predicted octanol–water partition coefficient (Wildman–Crippen LogP) is 1.88. The molecule has 6 heteroatoms. The van der Waals surface area contributed by atoms with Crippen LogP contribution in [0.2, 0.25) is 5.28 Å². The van der Waals surface area contributed by atoms with Crippen molar-refractivity contribution in [2.24, 2.45) is 0 Å². The molecule has 1 aromatic rings. The SMILES string of the molecule is C[C@H]1CN(c2nc(Cl)ncc2F)C[C@H](C)O1. The van der Waals surface area contributed by atoms with Crippen molar-refractivity contribution in [1.82, 2.24) is 9.97 Å². The van der Waals surface area contributed by atoms with Crippen molar-refractivity contribution < 1.29 is 9.13 Å². The van der Waals surface area contributed by atoms with Crippen molar-refractivity contribution in [2.45, 2.75) is 26.1 Å². The molecule has 0 bridgehead atoms. The number of aromatic nitrogens is 2. The molecule has 1 aliphatic heterocycles. The summed E-state index contributed by atoms with van der Waals surface area (Å²) in [6.45, 7) is 5.11. The second kappa shape index (κ2) is 4.51. The van der Waals surface area contributed by atoms with Gasteiger partial charge in [-0.3, -0.25) is 0 Å². The number of rotatable bonds is 1. The smallest absolute Gasteiger partial charge is 0.224 e. The number of nitrogens with zero attached hydrogens (tertiary/aromatic N) is 3. The number of morpholine rings is 1. The fourth-order valence-electron chi connectivity index (χ4n) is 1.91. The first kappa shape index (κ1) is 11.5. The lowest BCUT2D eigenvalue weighted by Crippen LogP contribution is -2.46. The Morgan fingerprint density at radius 3 is 2.69 bits per heavy atom. The fraction of sp³-hybridized carbons (Fsp3) is 0.600. The summed E-state index contributed by atoms with van der Waals surface area (Å²) in [7, 11) is 0. The number of halogens is 2. The normalized spacial score (nSPS) is 25.9. The molecule has 0 aliphatic carbocycles. The minimum absolute atomic E-state index is 0.0527. The van der Waals surface area contributed by atoms with E-state index in [1.54, 1.807) is 0 Å². The molecule has 16 heavy (non-hydrogen) atoms. The molecule has 1 saturated heterocycles. The Hall–Kier alpha value is -0.940. The maximum Gasteiger partial charge on any atom is 0.224 e. The Morgan fingerprint density at radius 2 is 2.06 bits per heavy atom. The highest BCUT2D eigenvalue weighted by Gasteiger charge is 2.25. The summed E-state index contributed by atoms with van der Waals surface area (Å²) in [5, 5.41) is 0.0585. The number of ether oxygens (including phenoxy) is 1. The Balaban J connectivity index is 2.25. The van der Waals surface area contributed by atoms with Gasteiger partial charge >= 0.3 is 0 Å². The van der Waals surface area contributed by atoms with Gasteiger partial charge in [-0.25, -0.2) is 9.37 Å². The lowest BCUT2D eigenvalue weighted by molar-refractivity contribution is -0.00566. The first-order valence-electron chi connectivity index (χ1n) is 5.14. The first-order chi connectivity index (χ1) is 7.56. The molecule has 0 radical (unpaired) electrons. The summed E-state index contributed by atoms with van der Waals surface area (Å²) < 4.78 is 19.1. The summed E-state index contributed by atoms with van der Waals surface area (Å²) in [6, 6.07) is 0. The molecule has 0 amide bonds. The molecule has 0 spiro atoms. The van der Waals surface area contributed by atoms with Gasteiger partial charge in [0.2, 0.25) is 5.28 Å². The minimum Gasteiger partial charge on any atom is -0.372 e. The van der Waals surface area contributed by atoms with Gasteiger partial charge < -0.3 is 9.64 Å². The molecule has 1 fully saturated rings. The van der Waals surface area contributed by atoms with Crippen LogP contribution in [0.5, 0.6) is 0 Å². The monoisotopic (exact) mass is 245 g/mol. The van der Waals surface area contributed by atoms with Crippen LogP contribution in [0.15, 0.2) is 6.20 Å². The van der Waals surface area contributed by atoms with Crippen LogP contribution in [0, 0.1) is 5.82 Å². The van der Waals surface area contributed by atoms with Gasteiger partial charge in [-0.2, -0.15) is 4.98 Å². The molecule has 88 valence electrons. The number of hydrogen-bond donors (Lipinski definition) is 0. The summed E-state index contributed by atoms with van der Waals surface area (Å²) in [6.07, 6.45) is 1.20. The zero-order valence-electron chi connectivity index (χ0n) is 9.15. The van der Waals surface area contributed by atoms with Crippen LogP contribution >= 0.6 is 11.6 Å². The van der Waals surface area contributed by atoms with E-state index >= 15 is 0 Å². The van der Waals surface area contributed by atoms with E-state index in [4.69, 9.17) is 16.3 Å². The average molecular weight is 246 g/mol. The second-order valence-electron chi connectivity index (χ2n) is 3.97. The van der Waals surface area contributed by atoms with Gasteiger partial charge in [0, 0.05) is 13.1 Å². The Labute approximate surface area is 98.4 Å². The minimum atomic E-state index is -0.453. The van der Waals surface area contributed by atoms with Crippen LogP contribution in [0.3, 0.4) is 0 Å². The molecule has 1 aromatic heterocycles. The van der Waals surface area contributed by atoms with E-state index in [0.717, 1.165) is 6.20 Å². The van der Waals surface area contributed by atoms with E-state index in [0.29, 0.717) is 13.1 Å². The van der Waals surface area contributed by atoms with E-state index in [1.165, 1.54) is 0 Å². The van der Waals surface area contributed by atoms with Gasteiger partial charge in [0.05, 0.1) is 18.4 Å². The van der Waals surface area contributed by atoms with Crippen molar-refractivity contribution >= 4 is 17.4 Å². The molecule has 4 nitrogen and oxygen atoms in total. The topological polar surface area (TPSA) is 38.2 Å². The molecule has 2 atom stereocenters. The number of anilines is 1. The Kier molecular flexibility index (Phi) is 3.25. The third-order valence-corrected chi connectivity index (χ3v) is 2.60. The molecular weight excluding hydrogens is 233 g/mol. The lowest BCUT2D eigenvalue weighted by Gasteiger charge is -2.36. The highest BCUT2D eigenvalue weighted by molar-refractivity contribution is 6.28. The highest BCUT2D eigenvalue weighted by Crippen LogP contribution is 2.21. The maximum atomic E-state index is 13.5. The van der Waals surface area contributed by atoms with Gasteiger partial charge in [0.1, 0.15) is 0 Å². The van der Waals surface area contributed by atoms with Crippen LogP contribution in [-0.4, -0.2) is 35.3 Å². The van der Waals surface area contributed by atoms with Crippen molar-refractivity contribution in [2.75, 3.05) is 18.0 Å². The zero-order chi connectivity index (χ0) is 11.7. The van der Waals surface area contributed by atoms with Crippen LogP contribution in [0.25, 0.3) is 0 Å². The molecule has 0 saturated carbocycles. The quantitative estimate of drug-likeness (QED) is 0.708. The van der Waals surface area contributed by atoms with Crippen LogP contribution in [0.1, 0.15) is 13.8 Å². The molecule has 0 unspecified atom stereocenters. The van der Waals surface area contributed by atoms with E-state index in [9.17, 15) is 4.39 Å². The van der Waals surface area contributed by atoms with Gasteiger partial charge in [0.15, 0.2) is 11.6 Å². The first-order valence-corrected chi connectivity index (χ1v) is 5.52. The van der Waals surface area contributed by atoms with E-state index in [2.05, 4.69) is 9.97 Å². The molecule has 0 aromatic carbocycles. The van der Waals surface area contributed by atoms with E-state index in [1.807, 2.05) is 18.7 Å². The van der Waals surface area contributed by atoms with Gasteiger partial charge in [-0.1, -0.05) is 0 Å². The Bertz CT molecular complexity index is 380. The largest absolute Gasteiger partial charge is 0.372 e. The average Bonchev–Trinajstić information content (AvgIpc) is 2.20. The van der Waals surface area contributed by atoms with E-state index in [-0.39, 0.29) is 23.3 Å². The van der Waals surface area contributed by atoms with E-state index < -0.39 is 5.82 Å². The van der Waals surface area contributed by atoms with Crippen LogP contribution < -0.4 is 4.90 Å². The lowest BCUT2D eigenvalue weighted by atomic mass is 10.2. The second-order valence-corrected chi connectivity index (χ2v) is 4.31. The third-order valence-electron chi connectivity index (χ3n) is 2.42. The number of hydrogen-bond acceptors (Lipinski definition) is 4. The summed E-state index contributed by atoms with van der Waals surface area (Å²) in [5.74, 6) is -0.201. The fourth-order valence-corrected chi connectivity index (χ4v) is 2.04. The molecule has 2 rings (SSSR count).